The van der Waals surface area contributed by atoms with Gasteiger partial charge in [-0.05, 0) is 50.3 Å². The normalized spacial score (nSPS) is 14.3. The maximum Gasteiger partial charge on any atom is 0.191 e. The third-order valence-electron chi connectivity index (χ3n) is 3.73. The zero-order valence-corrected chi connectivity index (χ0v) is 17.1. The Balaban J connectivity index is 0.00000288. The van der Waals surface area contributed by atoms with Crippen molar-refractivity contribution in [3.05, 3.63) is 42.0 Å². The Kier molecular flexibility index (Phi) is 10.5. The van der Waals surface area contributed by atoms with E-state index in [1.807, 2.05) is 6.07 Å². The molecule has 0 aliphatic heterocycles. The first kappa shape index (κ1) is 20.8. The van der Waals surface area contributed by atoms with Gasteiger partial charge in [0.05, 0.1) is 6.61 Å². The van der Waals surface area contributed by atoms with Gasteiger partial charge in [-0.1, -0.05) is 31.2 Å². The van der Waals surface area contributed by atoms with Gasteiger partial charge in [0.15, 0.2) is 5.96 Å². The largest absolute Gasteiger partial charge is 0.494 e. The zero-order valence-electron chi connectivity index (χ0n) is 14.8. The summed E-state index contributed by atoms with van der Waals surface area (Å²) in [6.07, 6.45) is 8.57. The van der Waals surface area contributed by atoms with Gasteiger partial charge in [-0.3, -0.25) is 4.99 Å². The molecule has 0 saturated heterocycles. The van der Waals surface area contributed by atoms with Gasteiger partial charge in [-0.15, -0.1) is 24.0 Å². The molecule has 1 aromatic rings. The highest BCUT2D eigenvalue weighted by molar-refractivity contribution is 14.0. The molecule has 0 heterocycles. The molecule has 4 nitrogen and oxygen atoms in total. The summed E-state index contributed by atoms with van der Waals surface area (Å²) >= 11 is 0. The number of aliphatic imine (C=N–C) groups is 1. The molecule has 0 unspecified atom stereocenters. The van der Waals surface area contributed by atoms with Crippen LogP contribution >= 0.6 is 24.0 Å². The molecule has 0 radical (unpaired) electrons. The summed E-state index contributed by atoms with van der Waals surface area (Å²) in [5.74, 6) is 1.87. The Bertz CT molecular complexity index is 523. The molecular weight excluding hydrogens is 413 g/mol. The average molecular weight is 443 g/mol. The van der Waals surface area contributed by atoms with Crippen LogP contribution in [0.4, 0.5) is 0 Å². The van der Waals surface area contributed by atoms with Gasteiger partial charge in [-0.2, -0.15) is 0 Å². The van der Waals surface area contributed by atoms with E-state index in [0.29, 0.717) is 6.04 Å². The highest BCUT2D eigenvalue weighted by atomic mass is 127. The minimum absolute atomic E-state index is 0. The number of nitrogens with zero attached hydrogens (tertiary/aromatic N) is 1. The van der Waals surface area contributed by atoms with Crippen LogP contribution in [0.25, 0.3) is 0 Å². The van der Waals surface area contributed by atoms with Crippen molar-refractivity contribution in [2.45, 2.75) is 45.6 Å². The van der Waals surface area contributed by atoms with Crippen molar-refractivity contribution in [3.63, 3.8) is 0 Å². The summed E-state index contributed by atoms with van der Waals surface area (Å²) in [5, 5.41) is 6.82. The van der Waals surface area contributed by atoms with Crippen molar-refractivity contribution in [3.8, 4) is 5.75 Å². The lowest BCUT2D eigenvalue weighted by atomic mass is 10.1. The Morgan fingerprint density at radius 1 is 1.25 bits per heavy atom. The predicted octanol–water partition coefficient (Wildman–Crippen LogP) is 3.91. The van der Waals surface area contributed by atoms with Crippen molar-refractivity contribution >= 4 is 29.9 Å². The maximum atomic E-state index is 5.68. The molecule has 0 saturated carbocycles. The molecule has 5 heteroatoms. The van der Waals surface area contributed by atoms with E-state index in [9.17, 15) is 0 Å². The molecule has 0 fully saturated rings. The monoisotopic (exact) mass is 443 g/mol. The molecule has 0 atom stereocenters. The van der Waals surface area contributed by atoms with E-state index in [1.54, 1.807) is 0 Å². The number of ether oxygens (including phenoxy) is 1. The van der Waals surface area contributed by atoms with E-state index in [-0.39, 0.29) is 24.0 Å². The third-order valence-corrected chi connectivity index (χ3v) is 3.73. The van der Waals surface area contributed by atoms with Crippen LogP contribution in [0.1, 0.15) is 38.7 Å². The Hall–Kier alpha value is -1.24. The quantitative estimate of drug-likeness (QED) is 0.277. The molecular formula is C19H30IN3O. The number of nitrogens with one attached hydrogen (secondary N) is 2. The van der Waals surface area contributed by atoms with Crippen LogP contribution in [0.2, 0.25) is 0 Å². The van der Waals surface area contributed by atoms with Crippen molar-refractivity contribution in [2.24, 2.45) is 4.99 Å². The van der Waals surface area contributed by atoms with Gasteiger partial charge in [0.25, 0.3) is 0 Å². The fourth-order valence-corrected chi connectivity index (χ4v) is 2.56. The Labute approximate surface area is 163 Å². The summed E-state index contributed by atoms with van der Waals surface area (Å²) in [5.41, 5.74) is 1.26. The Morgan fingerprint density at radius 2 is 2.04 bits per heavy atom. The topological polar surface area (TPSA) is 45.6 Å². The summed E-state index contributed by atoms with van der Waals surface area (Å²) < 4.78 is 5.68. The molecule has 0 aromatic heterocycles. The molecule has 1 aliphatic rings. The van der Waals surface area contributed by atoms with E-state index in [4.69, 9.17) is 4.74 Å². The van der Waals surface area contributed by atoms with Crippen LogP contribution in [0, 0.1) is 0 Å². The highest BCUT2D eigenvalue weighted by Gasteiger charge is 2.11. The highest BCUT2D eigenvalue weighted by Crippen LogP contribution is 2.14. The van der Waals surface area contributed by atoms with Gasteiger partial charge < -0.3 is 15.4 Å². The number of benzene rings is 1. The SMILES string of the molecule is CCCOc1cccc(CCN=C(NCC)NC2CC=CC2)c1.I. The third kappa shape index (κ3) is 7.55. The summed E-state index contributed by atoms with van der Waals surface area (Å²) in [7, 11) is 0. The fraction of sp³-hybridized carbons (Fsp3) is 0.526. The second-order valence-electron chi connectivity index (χ2n) is 5.79. The molecule has 0 spiro atoms. The lowest BCUT2D eigenvalue weighted by Gasteiger charge is -2.16. The van der Waals surface area contributed by atoms with Crippen molar-refractivity contribution in [2.75, 3.05) is 19.7 Å². The lowest BCUT2D eigenvalue weighted by molar-refractivity contribution is 0.317. The molecule has 0 bridgehead atoms. The standard InChI is InChI=1S/C19H29N3O.HI/c1-3-14-23-18-11-7-8-16(15-18)12-13-21-19(20-4-2)22-17-9-5-6-10-17;/h5-8,11,15,17H,3-4,9-10,12-14H2,1-2H3,(H2,20,21,22);1H. The number of halogens is 1. The van der Waals surface area contributed by atoms with Crippen LogP contribution in [0.3, 0.4) is 0 Å². The molecule has 24 heavy (non-hydrogen) atoms. The summed E-state index contributed by atoms with van der Waals surface area (Å²) in [6.45, 7) is 6.64. The number of hydrogen-bond acceptors (Lipinski definition) is 2. The number of hydrogen-bond donors (Lipinski definition) is 2. The summed E-state index contributed by atoms with van der Waals surface area (Å²) in [4.78, 5) is 4.69. The molecule has 2 N–H and O–H groups in total. The molecule has 0 amide bonds. The Morgan fingerprint density at radius 3 is 2.75 bits per heavy atom. The van der Waals surface area contributed by atoms with E-state index < -0.39 is 0 Å². The lowest BCUT2D eigenvalue weighted by Crippen LogP contribution is -2.42. The first-order chi connectivity index (χ1) is 11.3. The predicted molar refractivity (Wildman–Crippen MR) is 113 cm³/mol. The number of rotatable bonds is 8. The van der Waals surface area contributed by atoms with Gasteiger partial charge in [0, 0.05) is 19.1 Å². The maximum absolute atomic E-state index is 5.68. The van der Waals surface area contributed by atoms with Gasteiger partial charge in [0.1, 0.15) is 5.75 Å². The average Bonchev–Trinajstić information content (AvgIpc) is 3.06. The minimum Gasteiger partial charge on any atom is -0.494 e. The van der Waals surface area contributed by atoms with Crippen molar-refractivity contribution in [1.82, 2.24) is 10.6 Å². The fourth-order valence-electron chi connectivity index (χ4n) is 2.56. The van der Waals surface area contributed by atoms with Crippen LogP contribution in [-0.4, -0.2) is 31.7 Å². The van der Waals surface area contributed by atoms with Crippen LogP contribution < -0.4 is 15.4 Å². The van der Waals surface area contributed by atoms with Crippen LogP contribution in [0.15, 0.2) is 41.4 Å². The first-order valence-electron chi connectivity index (χ1n) is 8.73. The second-order valence-corrected chi connectivity index (χ2v) is 5.79. The molecule has 134 valence electrons. The van der Waals surface area contributed by atoms with Gasteiger partial charge in [0.2, 0.25) is 0 Å². The van der Waals surface area contributed by atoms with Crippen LogP contribution in [0.5, 0.6) is 5.75 Å². The first-order valence-corrected chi connectivity index (χ1v) is 8.73. The smallest absolute Gasteiger partial charge is 0.191 e. The molecule has 2 rings (SSSR count). The molecule has 1 aliphatic carbocycles. The van der Waals surface area contributed by atoms with Crippen LogP contribution in [-0.2, 0) is 6.42 Å². The second kappa shape index (κ2) is 12.2. The van der Waals surface area contributed by atoms with E-state index >= 15 is 0 Å². The number of guanidine groups is 1. The van der Waals surface area contributed by atoms with Gasteiger partial charge in [-0.25, -0.2) is 0 Å². The van der Waals surface area contributed by atoms with E-state index in [2.05, 4.69) is 59.8 Å². The zero-order chi connectivity index (χ0) is 16.3. The molecule has 1 aromatic carbocycles. The summed E-state index contributed by atoms with van der Waals surface area (Å²) in [6, 6.07) is 8.81. The van der Waals surface area contributed by atoms with E-state index in [0.717, 1.165) is 57.1 Å². The minimum atomic E-state index is 0. The van der Waals surface area contributed by atoms with Crippen molar-refractivity contribution < 1.29 is 4.74 Å². The van der Waals surface area contributed by atoms with Crippen molar-refractivity contribution in [1.29, 1.82) is 0 Å². The van der Waals surface area contributed by atoms with Gasteiger partial charge >= 0.3 is 0 Å². The van der Waals surface area contributed by atoms with E-state index in [1.165, 1.54) is 5.56 Å².